The second-order valence-electron chi connectivity index (χ2n) is 5.50. The summed E-state index contributed by atoms with van der Waals surface area (Å²) in [6.07, 6.45) is -0.0307. The van der Waals surface area contributed by atoms with Gasteiger partial charge in [0.1, 0.15) is 30.8 Å². The maximum atomic E-state index is 12.4. The Labute approximate surface area is 133 Å². The number of methoxy groups -OCH3 is 1. The zero-order valence-corrected chi connectivity index (χ0v) is 12.7. The molecule has 0 bridgehead atoms. The fourth-order valence-electron chi connectivity index (χ4n) is 2.88. The molecule has 1 unspecified atom stereocenters. The minimum atomic E-state index is -0.335. The van der Waals surface area contributed by atoms with Crippen LogP contribution in [0.3, 0.4) is 0 Å². The van der Waals surface area contributed by atoms with Crippen LogP contribution in [0.15, 0.2) is 36.4 Å². The molecule has 4 rings (SSSR count). The van der Waals surface area contributed by atoms with E-state index in [0.29, 0.717) is 42.4 Å². The Morgan fingerprint density at radius 3 is 2.65 bits per heavy atom. The lowest BCUT2D eigenvalue weighted by molar-refractivity contribution is 0.0848. The zero-order valence-electron chi connectivity index (χ0n) is 12.7. The Bertz CT molecular complexity index is 768. The Morgan fingerprint density at radius 1 is 1.00 bits per heavy atom. The molecular weight excluding hydrogens is 296 g/mol. The molecule has 2 aliphatic rings. The van der Waals surface area contributed by atoms with Crippen molar-refractivity contribution >= 4 is 5.78 Å². The van der Waals surface area contributed by atoms with Gasteiger partial charge < -0.3 is 18.9 Å². The number of ketones is 1. The Balaban J connectivity index is 1.67. The van der Waals surface area contributed by atoms with Crippen molar-refractivity contribution in [3.05, 3.63) is 47.5 Å². The Kier molecular flexibility index (Phi) is 3.33. The molecule has 0 aliphatic carbocycles. The number of rotatable bonds is 2. The van der Waals surface area contributed by atoms with Crippen LogP contribution in [0.5, 0.6) is 23.0 Å². The molecule has 5 nitrogen and oxygen atoms in total. The molecule has 2 heterocycles. The molecule has 2 aromatic carbocycles. The van der Waals surface area contributed by atoms with Gasteiger partial charge in [-0.15, -0.1) is 0 Å². The van der Waals surface area contributed by atoms with Crippen molar-refractivity contribution in [2.75, 3.05) is 20.3 Å². The minimum Gasteiger partial charge on any atom is -0.497 e. The smallest absolute Gasteiger partial charge is 0.170 e. The summed E-state index contributed by atoms with van der Waals surface area (Å²) in [5.74, 6) is 2.71. The highest BCUT2D eigenvalue weighted by molar-refractivity contribution is 6.00. The number of benzene rings is 2. The van der Waals surface area contributed by atoms with Crippen molar-refractivity contribution < 1.29 is 23.7 Å². The predicted molar refractivity (Wildman–Crippen MR) is 82.7 cm³/mol. The summed E-state index contributed by atoms with van der Waals surface area (Å²) in [7, 11) is 1.59. The van der Waals surface area contributed by atoms with E-state index in [2.05, 4.69) is 0 Å². The average Bonchev–Trinajstić information content (AvgIpc) is 2.60. The normalized spacial score (nSPS) is 18.8. The molecule has 2 aliphatic heterocycles. The topological polar surface area (TPSA) is 54.0 Å². The van der Waals surface area contributed by atoms with Gasteiger partial charge in [-0.3, -0.25) is 4.79 Å². The standard InChI is InChI=1S/C18H16O5/c1-20-12-3-4-13-14(19)10-16(23-17(13)9-12)11-2-5-15-18(8-11)22-7-6-21-15/h2-5,8-9,16H,6-7,10H2,1H3. The first kappa shape index (κ1) is 13.9. The third-order valence-electron chi connectivity index (χ3n) is 4.07. The fourth-order valence-corrected chi connectivity index (χ4v) is 2.88. The molecule has 0 fully saturated rings. The Morgan fingerprint density at radius 2 is 1.83 bits per heavy atom. The van der Waals surface area contributed by atoms with Gasteiger partial charge in [-0.1, -0.05) is 6.07 Å². The molecule has 118 valence electrons. The van der Waals surface area contributed by atoms with Gasteiger partial charge in [0.25, 0.3) is 0 Å². The number of ether oxygens (including phenoxy) is 4. The fraction of sp³-hybridized carbons (Fsp3) is 0.278. The first-order chi connectivity index (χ1) is 11.2. The van der Waals surface area contributed by atoms with E-state index in [-0.39, 0.29) is 11.9 Å². The molecule has 5 heteroatoms. The highest BCUT2D eigenvalue weighted by Crippen LogP contribution is 2.39. The summed E-state index contributed by atoms with van der Waals surface area (Å²) in [6.45, 7) is 1.08. The maximum Gasteiger partial charge on any atom is 0.170 e. The molecular formula is C18H16O5. The lowest BCUT2D eigenvalue weighted by atomic mass is 9.96. The van der Waals surface area contributed by atoms with Crippen LogP contribution in [0.4, 0.5) is 0 Å². The van der Waals surface area contributed by atoms with Crippen LogP contribution in [-0.2, 0) is 0 Å². The van der Waals surface area contributed by atoms with E-state index in [1.165, 1.54) is 0 Å². The van der Waals surface area contributed by atoms with Crippen molar-refractivity contribution in [1.82, 2.24) is 0 Å². The monoisotopic (exact) mass is 312 g/mol. The summed E-state index contributed by atoms with van der Waals surface area (Å²) in [6, 6.07) is 10.9. The second kappa shape index (κ2) is 5.50. The second-order valence-corrected chi connectivity index (χ2v) is 5.50. The van der Waals surface area contributed by atoms with E-state index in [1.807, 2.05) is 18.2 Å². The van der Waals surface area contributed by atoms with Crippen molar-refractivity contribution in [3.8, 4) is 23.0 Å². The van der Waals surface area contributed by atoms with E-state index in [0.717, 1.165) is 11.3 Å². The van der Waals surface area contributed by atoms with Gasteiger partial charge in [0.15, 0.2) is 17.3 Å². The summed E-state index contributed by atoms with van der Waals surface area (Å²) in [4.78, 5) is 12.4. The molecule has 0 radical (unpaired) electrons. The van der Waals surface area contributed by atoms with Gasteiger partial charge >= 0.3 is 0 Å². The molecule has 0 saturated heterocycles. The van der Waals surface area contributed by atoms with Crippen molar-refractivity contribution in [3.63, 3.8) is 0 Å². The zero-order chi connectivity index (χ0) is 15.8. The van der Waals surface area contributed by atoms with Crippen LogP contribution in [0, 0.1) is 0 Å². The molecule has 0 amide bonds. The van der Waals surface area contributed by atoms with Gasteiger partial charge in [-0.05, 0) is 29.8 Å². The van der Waals surface area contributed by atoms with Crippen LogP contribution < -0.4 is 18.9 Å². The van der Waals surface area contributed by atoms with Gasteiger partial charge in [0, 0.05) is 6.07 Å². The number of carbonyl (C=O) groups is 1. The molecule has 1 atom stereocenters. The van der Waals surface area contributed by atoms with Crippen LogP contribution in [0.1, 0.15) is 28.4 Å². The highest BCUT2D eigenvalue weighted by Gasteiger charge is 2.29. The molecule has 0 N–H and O–H groups in total. The van der Waals surface area contributed by atoms with E-state index in [9.17, 15) is 4.79 Å². The first-order valence-electron chi connectivity index (χ1n) is 7.52. The number of hydrogen-bond donors (Lipinski definition) is 0. The van der Waals surface area contributed by atoms with Gasteiger partial charge in [-0.2, -0.15) is 0 Å². The average molecular weight is 312 g/mol. The number of fused-ring (bicyclic) bond motifs is 2. The van der Waals surface area contributed by atoms with Crippen LogP contribution in [0.2, 0.25) is 0 Å². The van der Waals surface area contributed by atoms with Gasteiger partial charge in [-0.25, -0.2) is 0 Å². The van der Waals surface area contributed by atoms with Gasteiger partial charge in [0.2, 0.25) is 0 Å². The van der Waals surface area contributed by atoms with Gasteiger partial charge in [0.05, 0.1) is 19.1 Å². The molecule has 2 aromatic rings. The van der Waals surface area contributed by atoms with Crippen molar-refractivity contribution in [2.24, 2.45) is 0 Å². The van der Waals surface area contributed by atoms with Crippen molar-refractivity contribution in [1.29, 1.82) is 0 Å². The third-order valence-corrected chi connectivity index (χ3v) is 4.07. The third kappa shape index (κ3) is 2.48. The molecule has 23 heavy (non-hydrogen) atoms. The summed E-state index contributed by atoms with van der Waals surface area (Å²) < 4.78 is 22.4. The highest BCUT2D eigenvalue weighted by atomic mass is 16.6. The molecule has 0 saturated carbocycles. The van der Waals surface area contributed by atoms with Crippen LogP contribution in [-0.4, -0.2) is 26.1 Å². The number of carbonyl (C=O) groups excluding carboxylic acids is 1. The lowest BCUT2D eigenvalue weighted by Crippen LogP contribution is -2.21. The number of hydrogen-bond acceptors (Lipinski definition) is 5. The van der Waals surface area contributed by atoms with Crippen LogP contribution >= 0.6 is 0 Å². The number of Topliss-reactive ketones (excluding diaryl/α,β-unsaturated/α-hetero) is 1. The van der Waals surface area contributed by atoms with E-state index < -0.39 is 0 Å². The summed E-state index contributed by atoms with van der Waals surface area (Å²) in [5, 5.41) is 0. The maximum absolute atomic E-state index is 12.4. The molecule has 0 aromatic heterocycles. The SMILES string of the molecule is COc1ccc2c(c1)OC(c1ccc3c(c1)OCCO3)CC2=O. The van der Waals surface area contributed by atoms with E-state index in [4.69, 9.17) is 18.9 Å². The largest absolute Gasteiger partial charge is 0.497 e. The first-order valence-corrected chi connectivity index (χ1v) is 7.52. The quantitative estimate of drug-likeness (QED) is 0.852. The lowest BCUT2D eigenvalue weighted by Gasteiger charge is -2.27. The summed E-state index contributed by atoms with van der Waals surface area (Å²) in [5.41, 5.74) is 1.50. The summed E-state index contributed by atoms with van der Waals surface area (Å²) >= 11 is 0. The van der Waals surface area contributed by atoms with E-state index in [1.54, 1.807) is 25.3 Å². The Hall–Kier alpha value is -2.69. The van der Waals surface area contributed by atoms with Crippen LogP contribution in [0.25, 0.3) is 0 Å². The van der Waals surface area contributed by atoms with E-state index >= 15 is 0 Å². The minimum absolute atomic E-state index is 0.0637. The molecule has 0 spiro atoms. The predicted octanol–water partition coefficient (Wildman–Crippen LogP) is 3.17. The van der Waals surface area contributed by atoms with Crippen molar-refractivity contribution in [2.45, 2.75) is 12.5 Å².